The highest BCUT2D eigenvalue weighted by atomic mass is 32.2. The smallest absolute Gasteiger partial charge is 0.246 e. The molecular formula is C10H12FNO3S. The van der Waals surface area contributed by atoms with Crippen LogP contribution in [0.15, 0.2) is 23.1 Å². The van der Waals surface area contributed by atoms with Gasteiger partial charge in [-0.2, -0.15) is 4.31 Å². The van der Waals surface area contributed by atoms with Crippen LogP contribution >= 0.6 is 0 Å². The van der Waals surface area contributed by atoms with E-state index in [1.807, 2.05) is 0 Å². The van der Waals surface area contributed by atoms with Gasteiger partial charge < -0.3 is 4.74 Å². The maximum atomic E-state index is 13.0. The SMILES string of the molecule is C[C@H]1COc2cc(F)ccc2S(=O)(=O)N1C. The number of hydrogen-bond acceptors (Lipinski definition) is 3. The lowest BCUT2D eigenvalue weighted by Crippen LogP contribution is -2.36. The van der Waals surface area contributed by atoms with E-state index >= 15 is 0 Å². The molecule has 0 unspecified atom stereocenters. The predicted octanol–water partition coefficient (Wildman–Crippen LogP) is 1.23. The summed E-state index contributed by atoms with van der Waals surface area (Å²) in [5, 5.41) is 0. The van der Waals surface area contributed by atoms with Crippen LogP contribution in [0.3, 0.4) is 0 Å². The largest absolute Gasteiger partial charge is 0.490 e. The molecule has 1 aliphatic heterocycles. The van der Waals surface area contributed by atoms with E-state index in [1.165, 1.54) is 17.4 Å². The molecule has 0 amide bonds. The number of sulfonamides is 1. The predicted molar refractivity (Wildman–Crippen MR) is 56.3 cm³/mol. The van der Waals surface area contributed by atoms with Gasteiger partial charge in [0.2, 0.25) is 10.0 Å². The molecule has 1 aromatic rings. The molecular weight excluding hydrogens is 233 g/mol. The van der Waals surface area contributed by atoms with Crippen LogP contribution in [0, 0.1) is 5.82 Å². The Hall–Kier alpha value is -1.14. The first-order chi connectivity index (χ1) is 7.43. The molecule has 0 fully saturated rings. The molecule has 1 atom stereocenters. The molecule has 16 heavy (non-hydrogen) atoms. The van der Waals surface area contributed by atoms with Gasteiger partial charge in [-0.3, -0.25) is 0 Å². The molecule has 0 aliphatic carbocycles. The summed E-state index contributed by atoms with van der Waals surface area (Å²) >= 11 is 0. The summed E-state index contributed by atoms with van der Waals surface area (Å²) in [4.78, 5) is 0.0146. The highest BCUT2D eigenvalue weighted by Gasteiger charge is 2.32. The lowest BCUT2D eigenvalue weighted by molar-refractivity contribution is 0.240. The van der Waals surface area contributed by atoms with Gasteiger partial charge in [-0.15, -0.1) is 0 Å². The lowest BCUT2D eigenvalue weighted by atomic mass is 10.3. The topological polar surface area (TPSA) is 46.6 Å². The minimum absolute atomic E-state index is 0.0146. The van der Waals surface area contributed by atoms with Crippen LogP contribution in [-0.4, -0.2) is 32.4 Å². The Morgan fingerprint density at radius 3 is 2.88 bits per heavy atom. The molecule has 1 aliphatic rings. The molecule has 0 aromatic heterocycles. The van der Waals surface area contributed by atoms with Crippen LogP contribution in [0.2, 0.25) is 0 Å². The molecule has 0 radical (unpaired) electrons. The summed E-state index contributed by atoms with van der Waals surface area (Å²) in [5.74, 6) is -0.428. The van der Waals surface area contributed by atoms with E-state index in [4.69, 9.17) is 4.74 Å². The summed E-state index contributed by atoms with van der Waals surface area (Å²) in [6.45, 7) is 1.95. The third kappa shape index (κ3) is 1.68. The average Bonchev–Trinajstić information content (AvgIpc) is 2.30. The van der Waals surface area contributed by atoms with Crippen molar-refractivity contribution < 1.29 is 17.5 Å². The van der Waals surface area contributed by atoms with Crippen molar-refractivity contribution in [3.63, 3.8) is 0 Å². The maximum absolute atomic E-state index is 13.0. The fourth-order valence-corrected chi connectivity index (χ4v) is 2.97. The average molecular weight is 245 g/mol. The van der Waals surface area contributed by atoms with Crippen molar-refractivity contribution in [2.45, 2.75) is 17.9 Å². The Bertz CT molecular complexity index is 515. The van der Waals surface area contributed by atoms with Gasteiger partial charge in [0.1, 0.15) is 23.1 Å². The zero-order chi connectivity index (χ0) is 11.9. The summed E-state index contributed by atoms with van der Waals surface area (Å²) in [6.07, 6.45) is 0. The van der Waals surface area contributed by atoms with Crippen LogP contribution in [0.25, 0.3) is 0 Å². The number of benzene rings is 1. The Labute approximate surface area is 93.7 Å². The van der Waals surface area contributed by atoms with Crippen molar-refractivity contribution in [2.24, 2.45) is 0 Å². The quantitative estimate of drug-likeness (QED) is 0.690. The first-order valence-corrected chi connectivity index (χ1v) is 6.27. The van der Waals surface area contributed by atoms with Gasteiger partial charge in [0.25, 0.3) is 0 Å². The molecule has 2 rings (SSSR count). The zero-order valence-electron chi connectivity index (χ0n) is 8.97. The van der Waals surface area contributed by atoms with E-state index < -0.39 is 15.8 Å². The van der Waals surface area contributed by atoms with Gasteiger partial charge in [-0.05, 0) is 19.1 Å². The van der Waals surface area contributed by atoms with Crippen LogP contribution < -0.4 is 4.74 Å². The minimum Gasteiger partial charge on any atom is -0.490 e. The van der Waals surface area contributed by atoms with E-state index in [1.54, 1.807) is 6.92 Å². The molecule has 6 heteroatoms. The molecule has 4 nitrogen and oxygen atoms in total. The maximum Gasteiger partial charge on any atom is 0.246 e. The molecule has 0 saturated carbocycles. The van der Waals surface area contributed by atoms with Gasteiger partial charge in [0.15, 0.2) is 0 Å². The van der Waals surface area contributed by atoms with E-state index in [2.05, 4.69) is 0 Å². The monoisotopic (exact) mass is 245 g/mol. The van der Waals surface area contributed by atoms with Crippen LogP contribution in [0.5, 0.6) is 5.75 Å². The Morgan fingerprint density at radius 1 is 1.50 bits per heavy atom. The summed E-state index contributed by atoms with van der Waals surface area (Å²) in [5.41, 5.74) is 0. The second-order valence-electron chi connectivity index (χ2n) is 3.77. The molecule has 0 N–H and O–H groups in total. The Kier molecular flexibility index (Phi) is 2.63. The number of halogens is 1. The normalized spacial score (nSPS) is 24.3. The van der Waals surface area contributed by atoms with Crippen molar-refractivity contribution in [1.29, 1.82) is 0 Å². The van der Waals surface area contributed by atoms with E-state index in [0.717, 1.165) is 12.1 Å². The number of rotatable bonds is 0. The Morgan fingerprint density at radius 2 is 2.19 bits per heavy atom. The van der Waals surface area contributed by atoms with Gasteiger partial charge in [0.05, 0.1) is 6.04 Å². The first-order valence-electron chi connectivity index (χ1n) is 4.83. The third-order valence-corrected chi connectivity index (χ3v) is 4.67. The fourth-order valence-electron chi connectivity index (χ4n) is 1.52. The van der Waals surface area contributed by atoms with Gasteiger partial charge >= 0.3 is 0 Å². The van der Waals surface area contributed by atoms with Crippen molar-refractivity contribution in [3.8, 4) is 5.75 Å². The molecule has 0 saturated heterocycles. The summed E-state index contributed by atoms with van der Waals surface area (Å²) in [6, 6.07) is 3.16. The Balaban J connectivity index is 2.63. The van der Waals surface area contributed by atoms with Crippen molar-refractivity contribution in [2.75, 3.05) is 13.7 Å². The van der Waals surface area contributed by atoms with Crippen LogP contribution in [0.1, 0.15) is 6.92 Å². The van der Waals surface area contributed by atoms with Gasteiger partial charge in [-0.1, -0.05) is 0 Å². The van der Waals surface area contributed by atoms with Crippen molar-refractivity contribution >= 4 is 10.0 Å². The lowest BCUT2D eigenvalue weighted by Gasteiger charge is -2.19. The van der Waals surface area contributed by atoms with Crippen LogP contribution in [-0.2, 0) is 10.0 Å². The number of ether oxygens (including phenoxy) is 1. The van der Waals surface area contributed by atoms with E-state index in [9.17, 15) is 12.8 Å². The van der Waals surface area contributed by atoms with E-state index in [-0.39, 0.29) is 23.3 Å². The fraction of sp³-hybridized carbons (Fsp3) is 0.400. The molecule has 1 aromatic carbocycles. The van der Waals surface area contributed by atoms with Crippen molar-refractivity contribution in [1.82, 2.24) is 4.31 Å². The van der Waals surface area contributed by atoms with E-state index in [0.29, 0.717) is 0 Å². The molecule has 0 bridgehead atoms. The van der Waals surface area contributed by atoms with Gasteiger partial charge in [-0.25, -0.2) is 12.8 Å². The second-order valence-corrected chi connectivity index (χ2v) is 5.74. The number of fused-ring (bicyclic) bond motifs is 1. The molecule has 88 valence electrons. The number of likely N-dealkylation sites (N-methyl/N-ethyl adjacent to an activating group) is 1. The number of nitrogens with zero attached hydrogens (tertiary/aromatic N) is 1. The highest BCUT2D eigenvalue weighted by Crippen LogP contribution is 2.30. The first kappa shape index (κ1) is 11.3. The molecule has 1 heterocycles. The zero-order valence-corrected chi connectivity index (χ0v) is 9.79. The summed E-state index contributed by atoms with van der Waals surface area (Å²) in [7, 11) is -2.09. The van der Waals surface area contributed by atoms with Crippen molar-refractivity contribution in [3.05, 3.63) is 24.0 Å². The molecule has 0 spiro atoms. The highest BCUT2D eigenvalue weighted by molar-refractivity contribution is 7.89. The summed E-state index contributed by atoms with van der Waals surface area (Å²) < 4.78 is 43.6. The van der Waals surface area contributed by atoms with Gasteiger partial charge in [0, 0.05) is 13.1 Å². The standard InChI is InChI=1S/C10H12FNO3S/c1-7-6-15-9-5-8(11)3-4-10(9)16(13,14)12(7)2/h3-5,7H,6H2,1-2H3/t7-/m0/s1. The van der Waals surface area contributed by atoms with Crippen LogP contribution in [0.4, 0.5) is 4.39 Å². The third-order valence-electron chi connectivity index (χ3n) is 2.66. The minimum atomic E-state index is -3.58. The number of hydrogen-bond donors (Lipinski definition) is 0. The second kappa shape index (κ2) is 3.71.